The molecule has 0 N–H and O–H groups in total. The Hall–Kier alpha value is -3.45. The quantitative estimate of drug-likeness (QED) is 0.378. The summed E-state index contributed by atoms with van der Waals surface area (Å²) in [6.07, 6.45) is 2.58. The van der Waals surface area contributed by atoms with E-state index in [1.54, 1.807) is 29.5 Å². The summed E-state index contributed by atoms with van der Waals surface area (Å²) >= 11 is 1.63. The van der Waals surface area contributed by atoms with Crippen LogP contribution in [0.2, 0.25) is 0 Å². The molecule has 0 bridgehead atoms. The van der Waals surface area contributed by atoms with Crippen LogP contribution in [0.3, 0.4) is 0 Å². The number of hydrogen-bond donors (Lipinski definition) is 0. The van der Waals surface area contributed by atoms with Crippen molar-refractivity contribution in [3.8, 4) is 38.8 Å². The first-order valence-corrected chi connectivity index (χ1v) is 12.2. The van der Waals surface area contributed by atoms with Gasteiger partial charge in [-0.15, -0.1) is 11.3 Å². The summed E-state index contributed by atoms with van der Waals surface area (Å²) in [6.45, 7) is 6.79. The Bertz CT molecular complexity index is 1350. The Morgan fingerprint density at radius 1 is 1.15 bits per heavy atom. The summed E-state index contributed by atoms with van der Waals surface area (Å²) in [5.41, 5.74) is 5.55. The molecule has 0 saturated heterocycles. The number of imidazole rings is 1. The first-order valence-electron chi connectivity index (χ1n) is 11.3. The van der Waals surface area contributed by atoms with Gasteiger partial charge in [0.25, 0.3) is 5.91 Å². The van der Waals surface area contributed by atoms with Crippen LogP contribution >= 0.6 is 11.3 Å². The second-order valence-electron chi connectivity index (χ2n) is 9.47. The highest BCUT2D eigenvalue weighted by atomic mass is 32.1. The van der Waals surface area contributed by atoms with Crippen LogP contribution < -0.4 is 4.74 Å². The normalized spacial score (nSPS) is 12.7. The molecule has 4 aromatic rings. The minimum atomic E-state index is -0.307. The molecule has 5 rings (SSSR count). The molecule has 0 radical (unpaired) electrons. The number of pyridine rings is 1. The number of fused-ring (bicyclic) bond motifs is 3. The highest BCUT2D eigenvalue weighted by Crippen LogP contribution is 2.44. The van der Waals surface area contributed by atoms with Gasteiger partial charge in [0.15, 0.2) is 5.82 Å². The highest BCUT2D eigenvalue weighted by Gasteiger charge is 2.33. The molecule has 0 unspecified atom stereocenters. The van der Waals surface area contributed by atoms with Gasteiger partial charge in [-0.25, -0.2) is 4.98 Å². The predicted octanol–water partition coefficient (Wildman–Crippen LogP) is 5.78. The molecule has 0 spiro atoms. The molecule has 0 saturated carbocycles. The van der Waals surface area contributed by atoms with Crippen LogP contribution in [-0.2, 0) is 13.0 Å². The van der Waals surface area contributed by atoms with Gasteiger partial charge in [-0.3, -0.25) is 9.78 Å². The predicted molar refractivity (Wildman–Crippen MR) is 136 cm³/mol. The molecule has 1 amide bonds. The van der Waals surface area contributed by atoms with E-state index in [0.29, 0.717) is 12.4 Å². The fourth-order valence-corrected chi connectivity index (χ4v) is 5.03. The molecular weight excluding hydrogens is 444 g/mol. The van der Waals surface area contributed by atoms with Gasteiger partial charge in [0.1, 0.15) is 11.4 Å². The van der Waals surface area contributed by atoms with Crippen molar-refractivity contribution in [2.45, 2.75) is 39.3 Å². The van der Waals surface area contributed by atoms with Gasteiger partial charge in [0, 0.05) is 36.5 Å². The van der Waals surface area contributed by atoms with E-state index in [-0.39, 0.29) is 11.4 Å². The molecule has 0 aliphatic carbocycles. The number of aryl methyl sites for hydroxylation is 1. The molecule has 6 nitrogen and oxygen atoms in total. The Balaban J connectivity index is 1.75. The fourth-order valence-electron chi connectivity index (χ4n) is 4.32. The first kappa shape index (κ1) is 22.3. The number of hydrogen-bond acceptors (Lipinski definition) is 5. The van der Waals surface area contributed by atoms with Gasteiger partial charge in [-0.05, 0) is 68.5 Å². The molecule has 0 fully saturated rings. The van der Waals surface area contributed by atoms with Crippen molar-refractivity contribution >= 4 is 17.2 Å². The van der Waals surface area contributed by atoms with Crippen molar-refractivity contribution in [1.82, 2.24) is 19.4 Å². The molecule has 34 heavy (non-hydrogen) atoms. The number of carbonyl (C=O) groups excluding carboxylic acids is 1. The number of ether oxygens (including phenoxy) is 1. The Labute approximate surface area is 203 Å². The van der Waals surface area contributed by atoms with Crippen molar-refractivity contribution in [3.63, 3.8) is 0 Å². The third-order valence-electron chi connectivity index (χ3n) is 6.45. The minimum Gasteiger partial charge on any atom is -0.496 e. The molecule has 4 heterocycles. The zero-order chi connectivity index (χ0) is 24.0. The molecule has 174 valence electrons. The van der Waals surface area contributed by atoms with Crippen molar-refractivity contribution in [3.05, 3.63) is 65.4 Å². The minimum absolute atomic E-state index is 0.0709. The van der Waals surface area contributed by atoms with Crippen molar-refractivity contribution in [1.29, 1.82) is 0 Å². The van der Waals surface area contributed by atoms with Crippen LogP contribution in [0, 0.1) is 0 Å². The summed E-state index contributed by atoms with van der Waals surface area (Å²) in [5.74, 6) is 1.21. The Morgan fingerprint density at radius 3 is 2.62 bits per heavy atom. The van der Waals surface area contributed by atoms with Crippen LogP contribution in [0.25, 0.3) is 33.1 Å². The zero-order valence-electron chi connectivity index (χ0n) is 20.1. The van der Waals surface area contributed by atoms with E-state index in [1.807, 2.05) is 57.5 Å². The topological polar surface area (TPSA) is 60.3 Å². The molecule has 1 aliphatic heterocycles. The van der Waals surface area contributed by atoms with E-state index >= 15 is 0 Å². The highest BCUT2D eigenvalue weighted by molar-refractivity contribution is 7.13. The van der Waals surface area contributed by atoms with E-state index in [4.69, 9.17) is 9.72 Å². The van der Waals surface area contributed by atoms with E-state index < -0.39 is 0 Å². The van der Waals surface area contributed by atoms with Gasteiger partial charge in [0.2, 0.25) is 0 Å². The maximum absolute atomic E-state index is 13.6. The summed E-state index contributed by atoms with van der Waals surface area (Å²) in [6, 6.07) is 14.2. The number of nitrogens with zero attached hydrogens (tertiary/aromatic N) is 4. The van der Waals surface area contributed by atoms with Crippen LogP contribution in [0.1, 0.15) is 37.0 Å². The van der Waals surface area contributed by atoms with Crippen LogP contribution in [0.5, 0.6) is 5.75 Å². The van der Waals surface area contributed by atoms with Gasteiger partial charge in [-0.1, -0.05) is 12.1 Å². The van der Waals surface area contributed by atoms with Gasteiger partial charge >= 0.3 is 0 Å². The van der Waals surface area contributed by atoms with Crippen LogP contribution in [-0.4, -0.2) is 45.0 Å². The molecule has 0 atom stereocenters. The molecule has 3 aromatic heterocycles. The van der Waals surface area contributed by atoms with Gasteiger partial charge in [0.05, 0.1) is 23.4 Å². The molecule has 1 aromatic carbocycles. The zero-order valence-corrected chi connectivity index (χ0v) is 20.9. The maximum atomic E-state index is 13.6. The molecule has 7 heteroatoms. The average Bonchev–Trinajstić information content (AvgIpc) is 3.50. The Morgan fingerprint density at radius 2 is 1.97 bits per heavy atom. The Kier molecular flexibility index (Phi) is 5.52. The monoisotopic (exact) mass is 472 g/mol. The van der Waals surface area contributed by atoms with E-state index in [9.17, 15) is 4.79 Å². The third-order valence-corrected chi connectivity index (χ3v) is 7.33. The van der Waals surface area contributed by atoms with E-state index in [1.165, 1.54) is 5.56 Å². The molecule has 1 aliphatic rings. The second-order valence-corrected chi connectivity index (χ2v) is 10.4. The second kappa shape index (κ2) is 8.40. The SMILES string of the molecule is COc1cc2c(cc1-c1ccccn1)-c1c(-c3cccs3)nc(C(=O)N(C)C(C)(C)C)n1CC2. The summed E-state index contributed by atoms with van der Waals surface area (Å²) in [5, 5.41) is 2.04. The van der Waals surface area contributed by atoms with Gasteiger partial charge < -0.3 is 14.2 Å². The lowest BCUT2D eigenvalue weighted by molar-refractivity contribution is 0.0638. The van der Waals surface area contributed by atoms with Crippen LogP contribution in [0.4, 0.5) is 0 Å². The number of rotatable bonds is 4. The number of amides is 1. The van der Waals surface area contributed by atoms with Crippen molar-refractivity contribution in [2.24, 2.45) is 0 Å². The largest absolute Gasteiger partial charge is 0.496 e. The summed E-state index contributed by atoms with van der Waals surface area (Å²) < 4.78 is 7.84. The lowest BCUT2D eigenvalue weighted by Crippen LogP contribution is -2.43. The van der Waals surface area contributed by atoms with Crippen molar-refractivity contribution in [2.75, 3.05) is 14.2 Å². The van der Waals surface area contributed by atoms with Crippen LogP contribution in [0.15, 0.2) is 54.0 Å². The number of aromatic nitrogens is 3. The fraction of sp³-hybridized carbons (Fsp3) is 0.296. The maximum Gasteiger partial charge on any atom is 0.290 e. The lowest BCUT2D eigenvalue weighted by Gasteiger charge is -2.32. The number of benzene rings is 1. The number of thiophene rings is 1. The van der Waals surface area contributed by atoms with E-state index in [2.05, 4.69) is 27.8 Å². The van der Waals surface area contributed by atoms with Gasteiger partial charge in [-0.2, -0.15) is 0 Å². The number of methoxy groups -OCH3 is 1. The van der Waals surface area contributed by atoms with Crippen molar-refractivity contribution < 1.29 is 9.53 Å². The summed E-state index contributed by atoms with van der Waals surface area (Å²) in [4.78, 5) is 25.9. The third kappa shape index (κ3) is 3.70. The molecular formula is C27H28N4O2S. The smallest absolute Gasteiger partial charge is 0.290 e. The number of carbonyl (C=O) groups is 1. The summed E-state index contributed by atoms with van der Waals surface area (Å²) in [7, 11) is 3.53. The van der Waals surface area contributed by atoms with E-state index in [0.717, 1.165) is 45.3 Å². The first-order chi connectivity index (χ1) is 16.3. The standard InChI is InChI=1S/C27H28N4O2S/c1-27(2,3)30(4)26(32)25-29-23(22-10-8-14-34-22)24-18-16-19(20-9-6-7-12-28-20)21(33-5)15-17(18)11-13-31(24)25/h6-10,12,14-16H,11,13H2,1-5H3. The average molecular weight is 473 g/mol. The lowest BCUT2D eigenvalue weighted by atomic mass is 9.93.